The number of aromatic nitrogens is 1. The predicted octanol–water partition coefficient (Wildman–Crippen LogP) is 1.48. The van der Waals surface area contributed by atoms with E-state index < -0.39 is 0 Å². The number of anilines is 1. The van der Waals surface area contributed by atoms with Crippen molar-refractivity contribution in [3.05, 3.63) is 17.8 Å². The second-order valence-corrected chi connectivity index (χ2v) is 9.30. The minimum atomic E-state index is -0.176. The zero-order chi connectivity index (χ0) is 19.1. The van der Waals surface area contributed by atoms with Crippen LogP contribution in [0.5, 0.6) is 5.75 Å². The van der Waals surface area contributed by atoms with Gasteiger partial charge in [-0.15, -0.1) is 0 Å². The van der Waals surface area contributed by atoms with E-state index in [0.717, 1.165) is 31.1 Å². The minimum Gasteiger partial charge on any atom is -0.504 e. The molecule has 3 N–H and O–H groups in total. The third kappa shape index (κ3) is 2.36. The molecule has 2 bridgehead atoms. The molecule has 0 radical (unpaired) electrons. The Hall–Kier alpha value is -2.31. The number of carbonyl (C=O) groups is 2. The van der Waals surface area contributed by atoms with Crippen LogP contribution >= 0.6 is 0 Å². The number of pyridine rings is 1. The highest BCUT2D eigenvalue weighted by molar-refractivity contribution is 5.94. The van der Waals surface area contributed by atoms with E-state index in [1.54, 1.807) is 0 Å². The smallest absolute Gasteiger partial charge is 0.272 e. The molecule has 2 saturated heterocycles. The summed E-state index contributed by atoms with van der Waals surface area (Å²) < 4.78 is 0. The van der Waals surface area contributed by atoms with Crippen LogP contribution in [0.3, 0.4) is 0 Å². The van der Waals surface area contributed by atoms with Gasteiger partial charge in [0.15, 0.2) is 11.6 Å². The van der Waals surface area contributed by atoms with Crippen molar-refractivity contribution in [2.75, 3.05) is 18.8 Å². The number of rotatable bonds is 2. The molecule has 7 heteroatoms. The molecule has 3 heterocycles. The van der Waals surface area contributed by atoms with Crippen LogP contribution in [0.4, 0.5) is 5.82 Å². The number of nitrogens with zero attached hydrogens (tertiary/aromatic N) is 3. The van der Waals surface area contributed by atoms with Crippen molar-refractivity contribution in [3.63, 3.8) is 0 Å². The number of piperazine rings is 1. The summed E-state index contributed by atoms with van der Waals surface area (Å²) >= 11 is 0. The molecule has 1 aromatic rings. The molecule has 1 unspecified atom stereocenters. The number of nitrogens with two attached hydrogens (primary N) is 1. The van der Waals surface area contributed by atoms with Crippen LogP contribution in [-0.4, -0.2) is 56.9 Å². The lowest BCUT2D eigenvalue weighted by Gasteiger charge is -2.36. The molecule has 4 aliphatic rings. The zero-order valence-corrected chi connectivity index (χ0v) is 15.8. The third-order valence-corrected chi connectivity index (χ3v) is 7.62. The maximum Gasteiger partial charge on any atom is 0.272 e. The van der Waals surface area contributed by atoms with Crippen molar-refractivity contribution in [1.29, 1.82) is 0 Å². The summed E-state index contributed by atoms with van der Waals surface area (Å²) in [5, 5.41) is 9.49. The van der Waals surface area contributed by atoms with Crippen LogP contribution in [0, 0.1) is 23.2 Å². The van der Waals surface area contributed by atoms with Gasteiger partial charge < -0.3 is 20.6 Å². The van der Waals surface area contributed by atoms with E-state index in [-0.39, 0.29) is 41.2 Å². The van der Waals surface area contributed by atoms with Crippen LogP contribution < -0.4 is 5.73 Å². The Morgan fingerprint density at radius 1 is 1.11 bits per heavy atom. The second kappa shape index (κ2) is 5.36. The van der Waals surface area contributed by atoms with Gasteiger partial charge in [0, 0.05) is 19.0 Å². The van der Waals surface area contributed by atoms with E-state index in [9.17, 15) is 14.7 Å². The molecule has 2 aliphatic heterocycles. The highest BCUT2D eigenvalue weighted by Crippen LogP contribution is 2.68. The van der Waals surface area contributed by atoms with Gasteiger partial charge >= 0.3 is 0 Å². The highest BCUT2D eigenvalue weighted by Gasteiger charge is 2.63. The van der Waals surface area contributed by atoms with Crippen molar-refractivity contribution < 1.29 is 14.7 Å². The Labute approximate surface area is 158 Å². The summed E-state index contributed by atoms with van der Waals surface area (Å²) in [5.41, 5.74) is 6.29. The summed E-state index contributed by atoms with van der Waals surface area (Å²) in [6.45, 7) is 5.81. The number of aromatic hydroxyl groups is 1. The minimum absolute atomic E-state index is 0.0373. The lowest BCUT2D eigenvalue weighted by Crippen LogP contribution is -2.52. The van der Waals surface area contributed by atoms with Gasteiger partial charge in [0.05, 0.1) is 12.1 Å². The SMILES string of the molecule is CC1(C)[C@@H]2CC(C(=O)N3C[C@@H]4C[C@H]3CN4C(=O)c3ccc(O)c(N)n3)C[C@@H]21. The lowest BCUT2D eigenvalue weighted by molar-refractivity contribution is -0.138. The van der Waals surface area contributed by atoms with E-state index in [4.69, 9.17) is 5.73 Å². The van der Waals surface area contributed by atoms with Gasteiger partial charge in [-0.2, -0.15) is 0 Å². The van der Waals surface area contributed by atoms with Crippen molar-refractivity contribution in [1.82, 2.24) is 14.8 Å². The quantitative estimate of drug-likeness (QED) is 0.821. The fraction of sp³-hybridized carbons (Fsp3) is 0.650. The lowest BCUT2D eigenvalue weighted by atomic mass is 9.92. The molecule has 4 fully saturated rings. The largest absolute Gasteiger partial charge is 0.504 e. The third-order valence-electron chi connectivity index (χ3n) is 7.62. The Bertz CT molecular complexity index is 825. The molecule has 2 aliphatic carbocycles. The van der Waals surface area contributed by atoms with Gasteiger partial charge in [0.1, 0.15) is 5.69 Å². The first kappa shape index (κ1) is 16.8. The first-order valence-corrected chi connectivity index (χ1v) is 9.84. The molecule has 2 amide bonds. The van der Waals surface area contributed by atoms with Crippen LogP contribution in [0.25, 0.3) is 0 Å². The fourth-order valence-electron chi connectivity index (χ4n) is 5.86. The van der Waals surface area contributed by atoms with Gasteiger partial charge in [-0.05, 0) is 48.6 Å². The number of likely N-dealkylation sites (tertiary alicyclic amines) is 2. The first-order valence-electron chi connectivity index (χ1n) is 9.84. The fourth-order valence-corrected chi connectivity index (χ4v) is 5.86. The Morgan fingerprint density at radius 2 is 1.74 bits per heavy atom. The van der Waals surface area contributed by atoms with Gasteiger partial charge in [0.2, 0.25) is 5.91 Å². The monoisotopic (exact) mass is 370 g/mol. The first-order chi connectivity index (χ1) is 12.8. The summed E-state index contributed by atoms with van der Waals surface area (Å²) in [6, 6.07) is 3.06. The molecule has 2 saturated carbocycles. The number of fused-ring (bicyclic) bond motifs is 3. The number of amides is 2. The van der Waals surface area contributed by atoms with Crippen LogP contribution in [-0.2, 0) is 4.79 Å². The molecular weight excluding hydrogens is 344 g/mol. The summed E-state index contributed by atoms with van der Waals surface area (Å²) in [6.07, 6.45) is 2.91. The molecule has 144 valence electrons. The van der Waals surface area contributed by atoms with Gasteiger partial charge in [-0.25, -0.2) is 4.98 Å². The molecule has 27 heavy (non-hydrogen) atoms. The summed E-state index contributed by atoms with van der Waals surface area (Å²) in [4.78, 5) is 33.6. The molecular formula is C20H26N4O3. The van der Waals surface area contributed by atoms with E-state index in [1.165, 1.54) is 12.1 Å². The Balaban J connectivity index is 1.24. The maximum atomic E-state index is 13.0. The van der Waals surface area contributed by atoms with Crippen molar-refractivity contribution in [2.45, 2.75) is 45.2 Å². The molecule has 7 nitrogen and oxygen atoms in total. The Morgan fingerprint density at radius 3 is 2.33 bits per heavy atom. The molecule has 5 rings (SSSR count). The summed E-state index contributed by atoms with van der Waals surface area (Å²) in [7, 11) is 0. The van der Waals surface area contributed by atoms with Crippen molar-refractivity contribution in [3.8, 4) is 5.75 Å². The average Bonchev–Trinajstić information content (AvgIpc) is 3.19. The van der Waals surface area contributed by atoms with Crippen LogP contribution in [0.1, 0.15) is 43.6 Å². The number of nitrogen functional groups attached to an aromatic ring is 1. The van der Waals surface area contributed by atoms with E-state index in [2.05, 4.69) is 18.8 Å². The van der Waals surface area contributed by atoms with E-state index >= 15 is 0 Å². The van der Waals surface area contributed by atoms with E-state index in [0.29, 0.717) is 24.4 Å². The zero-order valence-electron chi connectivity index (χ0n) is 15.8. The average molecular weight is 370 g/mol. The second-order valence-electron chi connectivity index (χ2n) is 9.30. The van der Waals surface area contributed by atoms with Crippen molar-refractivity contribution in [2.24, 2.45) is 23.2 Å². The highest BCUT2D eigenvalue weighted by atomic mass is 16.3. The molecule has 0 spiro atoms. The number of carbonyl (C=O) groups excluding carboxylic acids is 2. The Kier molecular flexibility index (Phi) is 3.34. The standard InChI is InChI=1S/C20H26N4O3/c1-20(2)13-5-10(6-14(13)20)18(26)23-8-12-7-11(23)9-24(12)19(27)15-3-4-16(25)17(21)22-15/h3-4,10-14,25H,5-9H2,1-2H3,(H2,21,22)/t10?,11-,12-,13-,14+/m0/s1. The molecule has 5 atom stereocenters. The summed E-state index contributed by atoms with van der Waals surface area (Å²) in [5.74, 6) is 1.57. The molecule has 1 aromatic heterocycles. The van der Waals surface area contributed by atoms with Crippen LogP contribution in [0.15, 0.2) is 12.1 Å². The number of hydrogen-bond donors (Lipinski definition) is 2. The predicted molar refractivity (Wildman–Crippen MR) is 98.7 cm³/mol. The van der Waals surface area contributed by atoms with Crippen molar-refractivity contribution >= 4 is 17.6 Å². The van der Waals surface area contributed by atoms with Gasteiger partial charge in [-0.1, -0.05) is 13.8 Å². The number of hydrogen-bond acceptors (Lipinski definition) is 5. The van der Waals surface area contributed by atoms with Gasteiger partial charge in [0.25, 0.3) is 5.91 Å². The normalized spacial score (nSPS) is 35.4. The topological polar surface area (TPSA) is 99.8 Å². The maximum absolute atomic E-state index is 13.0. The van der Waals surface area contributed by atoms with Crippen LogP contribution in [0.2, 0.25) is 0 Å². The van der Waals surface area contributed by atoms with E-state index in [1.807, 2.05) is 9.80 Å². The molecule has 0 aromatic carbocycles. The van der Waals surface area contributed by atoms with Gasteiger partial charge in [-0.3, -0.25) is 9.59 Å².